The third kappa shape index (κ3) is 6.43. The summed E-state index contributed by atoms with van der Waals surface area (Å²) in [5.74, 6) is -0.936. The number of alkyl halides is 3. The maximum Gasteiger partial charge on any atom is 0.490 e. The van der Waals surface area contributed by atoms with E-state index < -0.39 is 12.1 Å². The number of aromatic nitrogens is 1. The largest absolute Gasteiger partial charge is 0.619 e. The summed E-state index contributed by atoms with van der Waals surface area (Å²) in [6.45, 7) is 2.00. The molecule has 4 rings (SSSR count). The lowest BCUT2D eigenvalue weighted by atomic mass is 9.63. The first-order valence-corrected chi connectivity index (χ1v) is 11.6. The van der Waals surface area contributed by atoms with Crippen molar-refractivity contribution in [2.75, 3.05) is 34.4 Å². The number of nitrogens with zero attached hydrogens (tertiary/aromatic N) is 2. The number of carbonyl (C=O) groups excluding carboxylic acids is 1. The third-order valence-electron chi connectivity index (χ3n) is 6.97. The maximum absolute atomic E-state index is 12.6. The summed E-state index contributed by atoms with van der Waals surface area (Å²) >= 11 is 0. The average molecular weight is 526 g/mol. The first-order chi connectivity index (χ1) is 17.4. The van der Waals surface area contributed by atoms with Gasteiger partial charge in [0, 0.05) is 36.7 Å². The first-order valence-electron chi connectivity index (χ1n) is 11.6. The first kappa shape index (κ1) is 28.0. The fourth-order valence-electron chi connectivity index (χ4n) is 5.28. The van der Waals surface area contributed by atoms with E-state index in [2.05, 4.69) is 29.4 Å². The Labute approximate surface area is 212 Å². The predicted octanol–water partition coefficient (Wildman–Crippen LogP) is 2.75. The molecule has 1 aromatic carbocycles. The number of carboxylic acids is 1. The standard InChI is InChI=1S/C23H29N3O4.C2HF3O2/c1-25-14-18-12-19(24-22(27)16-7-10-26(28)11-8-16)6-9-23(18,15-25)17-4-5-20(29-2)21(13-17)30-3;3-2(4,5)1(6)7/h4-5,7-8,10-11,13,18-19H,6,9,12,14-15H2,1-3H3,(H,24,27);(H,6,7)/t18-,19-,23+;/m1./s1. The molecule has 1 aliphatic heterocycles. The zero-order valence-electron chi connectivity index (χ0n) is 20.7. The van der Waals surface area contributed by atoms with Crippen molar-refractivity contribution in [1.82, 2.24) is 10.2 Å². The van der Waals surface area contributed by atoms with Crippen LogP contribution >= 0.6 is 0 Å². The topological polar surface area (TPSA) is 115 Å². The van der Waals surface area contributed by atoms with Crippen molar-refractivity contribution in [1.29, 1.82) is 0 Å². The van der Waals surface area contributed by atoms with Gasteiger partial charge in [-0.15, -0.1) is 0 Å². The van der Waals surface area contributed by atoms with Gasteiger partial charge in [-0.05, 0) is 49.9 Å². The van der Waals surface area contributed by atoms with Crippen molar-refractivity contribution in [3.8, 4) is 11.5 Å². The van der Waals surface area contributed by atoms with E-state index in [9.17, 15) is 23.2 Å². The van der Waals surface area contributed by atoms with Crippen LogP contribution in [-0.2, 0) is 10.2 Å². The second-order valence-electron chi connectivity index (χ2n) is 9.31. The number of benzene rings is 1. The van der Waals surface area contributed by atoms with Crippen molar-refractivity contribution in [2.24, 2.45) is 5.92 Å². The minimum Gasteiger partial charge on any atom is -0.619 e. The Hall–Kier alpha value is -3.54. The number of likely N-dealkylation sites (N-methyl/N-ethyl adjacent to an activating group) is 1. The molecule has 1 saturated carbocycles. The SMILES string of the molecule is COc1ccc([C@@]23CC[C@@H](NC(=O)c4cc[n+]([O-])cc4)C[C@@H]2CN(C)C3)cc1OC.O=C(O)C(F)(F)F. The molecular weight excluding hydrogens is 495 g/mol. The number of pyridine rings is 1. The molecule has 1 amide bonds. The molecule has 3 atom stereocenters. The quantitative estimate of drug-likeness (QED) is 0.456. The van der Waals surface area contributed by atoms with Crippen LogP contribution in [-0.4, -0.2) is 68.5 Å². The fraction of sp³-hybridized carbons (Fsp3) is 0.480. The number of hydrogen-bond donors (Lipinski definition) is 2. The van der Waals surface area contributed by atoms with Gasteiger partial charge in [-0.3, -0.25) is 4.79 Å². The van der Waals surface area contributed by atoms with E-state index >= 15 is 0 Å². The Kier molecular flexibility index (Phi) is 8.52. The van der Waals surface area contributed by atoms with Crippen LogP contribution in [0.15, 0.2) is 42.7 Å². The number of rotatable bonds is 5. The van der Waals surface area contributed by atoms with Crippen LogP contribution in [0.2, 0.25) is 0 Å². The van der Waals surface area contributed by atoms with Gasteiger partial charge in [0.25, 0.3) is 5.91 Å². The molecule has 0 radical (unpaired) electrons. The van der Waals surface area contributed by atoms with Crippen LogP contribution in [0.25, 0.3) is 0 Å². The van der Waals surface area contributed by atoms with Gasteiger partial charge in [-0.1, -0.05) is 6.07 Å². The van der Waals surface area contributed by atoms with Gasteiger partial charge in [-0.25, -0.2) is 4.79 Å². The van der Waals surface area contributed by atoms with Crippen molar-refractivity contribution in [3.63, 3.8) is 0 Å². The van der Waals surface area contributed by atoms with Gasteiger partial charge in [-0.2, -0.15) is 17.9 Å². The number of halogens is 3. The second-order valence-corrected chi connectivity index (χ2v) is 9.31. The number of carboxylic acid groups (broad SMARTS) is 1. The van der Waals surface area contributed by atoms with Crippen LogP contribution in [0.4, 0.5) is 13.2 Å². The van der Waals surface area contributed by atoms with E-state index in [-0.39, 0.29) is 17.4 Å². The van der Waals surface area contributed by atoms with E-state index in [4.69, 9.17) is 19.4 Å². The van der Waals surface area contributed by atoms with Gasteiger partial charge < -0.3 is 30.0 Å². The molecule has 1 aromatic heterocycles. The molecule has 12 heteroatoms. The maximum atomic E-state index is 12.6. The molecule has 37 heavy (non-hydrogen) atoms. The van der Waals surface area contributed by atoms with Crippen LogP contribution in [0, 0.1) is 11.1 Å². The van der Waals surface area contributed by atoms with Gasteiger partial charge in [0.2, 0.25) is 0 Å². The van der Waals surface area contributed by atoms with E-state index in [0.29, 0.717) is 16.2 Å². The van der Waals surface area contributed by atoms with E-state index in [1.807, 2.05) is 6.07 Å². The number of methoxy groups -OCH3 is 2. The van der Waals surface area contributed by atoms with Crippen LogP contribution < -0.4 is 19.5 Å². The fourth-order valence-corrected chi connectivity index (χ4v) is 5.28. The number of nitrogens with one attached hydrogen (secondary N) is 1. The average Bonchev–Trinajstić information content (AvgIpc) is 3.20. The molecule has 202 valence electrons. The van der Waals surface area contributed by atoms with Gasteiger partial charge in [0.15, 0.2) is 23.9 Å². The summed E-state index contributed by atoms with van der Waals surface area (Å²) in [5.41, 5.74) is 1.85. The monoisotopic (exact) mass is 525 g/mol. The minimum atomic E-state index is -5.08. The van der Waals surface area contributed by atoms with E-state index in [1.54, 1.807) is 26.4 Å². The molecule has 0 spiro atoms. The van der Waals surface area contributed by atoms with E-state index in [0.717, 1.165) is 43.9 Å². The normalized spacial score (nSPS) is 23.3. The highest BCUT2D eigenvalue weighted by molar-refractivity contribution is 5.94. The van der Waals surface area contributed by atoms with E-state index in [1.165, 1.54) is 18.0 Å². The van der Waals surface area contributed by atoms with Crippen LogP contribution in [0.5, 0.6) is 11.5 Å². The molecule has 0 unspecified atom stereocenters. The molecule has 2 fully saturated rings. The molecule has 2 aromatic rings. The highest BCUT2D eigenvalue weighted by atomic mass is 19.4. The summed E-state index contributed by atoms with van der Waals surface area (Å²) in [6, 6.07) is 9.51. The summed E-state index contributed by atoms with van der Waals surface area (Å²) in [6.07, 6.45) is 0.461. The third-order valence-corrected chi connectivity index (χ3v) is 6.97. The van der Waals surface area contributed by atoms with Crippen molar-refractivity contribution < 1.29 is 42.1 Å². The summed E-state index contributed by atoms with van der Waals surface area (Å²) in [5, 5.41) is 21.5. The molecule has 1 saturated heterocycles. The molecule has 2 aliphatic rings. The molecule has 9 nitrogen and oxygen atoms in total. The lowest BCUT2D eigenvalue weighted by Crippen LogP contribution is -2.47. The van der Waals surface area contributed by atoms with Crippen LogP contribution in [0.1, 0.15) is 35.2 Å². The smallest absolute Gasteiger partial charge is 0.490 e. The van der Waals surface area contributed by atoms with Crippen molar-refractivity contribution in [3.05, 3.63) is 59.1 Å². The minimum absolute atomic E-state index is 0.0520. The summed E-state index contributed by atoms with van der Waals surface area (Å²) in [7, 11) is 5.48. The number of fused-ring (bicyclic) bond motifs is 1. The Bertz CT molecular complexity index is 1110. The molecule has 0 bridgehead atoms. The Morgan fingerprint density at radius 2 is 1.78 bits per heavy atom. The number of carbonyl (C=O) groups is 2. The molecule has 2 heterocycles. The Morgan fingerprint density at radius 1 is 1.16 bits per heavy atom. The lowest BCUT2D eigenvalue weighted by Gasteiger charge is -2.42. The Balaban J connectivity index is 0.000000479. The number of hydrogen-bond acceptors (Lipinski definition) is 6. The highest BCUT2D eigenvalue weighted by Gasteiger charge is 2.50. The number of likely N-dealkylation sites (tertiary alicyclic amines) is 1. The second kappa shape index (κ2) is 11.2. The molecule has 2 N–H and O–H groups in total. The number of ether oxygens (including phenoxy) is 2. The van der Waals surface area contributed by atoms with Gasteiger partial charge in [0.1, 0.15) is 0 Å². The predicted molar refractivity (Wildman–Crippen MR) is 126 cm³/mol. The van der Waals surface area contributed by atoms with Crippen molar-refractivity contribution >= 4 is 11.9 Å². The van der Waals surface area contributed by atoms with Crippen LogP contribution in [0.3, 0.4) is 0 Å². The highest BCUT2D eigenvalue weighted by Crippen LogP contribution is 2.49. The molecular formula is C25H30F3N3O6. The molecule has 1 aliphatic carbocycles. The van der Waals surface area contributed by atoms with Gasteiger partial charge >= 0.3 is 12.1 Å². The number of amides is 1. The van der Waals surface area contributed by atoms with Crippen molar-refractivity contribution in [2.45, 2.75) is 36.9 Å². The lowest BCUT2D eigenvalue weighted by molar-refractivity contribution is -0.605. The zero-order valence-corrected chi connectivity index (χ0v) is 20.7. The summed E-state index contributed by atoms with van der Waals surface area (Å²) < 4.78 is 43.4. The number of aliphatic carboxylic acids is 1. The van der Waals surface area contributed by atoms with Gasteiger partial charge in [0.05, 0.1) is 19.8 Å². The zero-order chi connectivity index (χ0) is 27.4. The Morgan fingerprint density at radius 3 is 2.35 bits per heavy atom. The summed E-state index contributed by atoms with van der Waals surface area (Å²) in [4.78, 5) is 23.9.